The molecule has 1 saturated heterocycles. The van der Waals surface area contributed by atoms with Crippen LogP contribution >= 0.6 is 0 Å². The normalized spacial score (nSPS) is 15.3. The summed E-state index contributed by atoms with van der Waals surface area (Å²) < 4.78 is 4.69. The maximum absolute atomic E-state index is 14.3. The highest BCUT2D eigenvalue weighted by Gasteiger charge is 2.27. The minimum Gasteiger partial charge on any atom is -0.341 e. The number of nitrogens with two attached hydrogens (primary N) is 1. The van der Waals surface area contributed by atoms with E-state index in [9.17, 15) is 9.59 Å². The first-order valence-corrected chi connectivity index (χ1v) is 13.4. The van der Waals surface area contributed by atoms with Crippen molar-refractivity contribution in [2.24, 2.45) is 5.73 Å². The second kappa shape index (κ2) is 10.8. The lowest BCUT2D eigenvalue weighted by atomic mass is 10.1. The SMILES string of the molecule is CC#CCn1c(N2CCCC(N)C2)nc2c(=O)n(Cc3cccnc3)n(Cc3ccc4ccccc4n3)c(=O)c21. The number of fused-ring (bicyclic) bond motifs is 2. The Balaban J connectivity index is 1.57. The largest absolute Gasteiger partial charge is 0.341 e. The van der Waals surface area contributed by atoms with Gasteiger partial charge in [0.15, 0.2) is 5.52 Å². The predicted molar refractivity (Wildman–Crippen MR) is 155 cm³/mol. The number of nitrogens with zero attached hydrogens (tertiary/aromatic N) is 7. The van der Waals surface area contributed by atoms with Crippen molar-refractivity contribution in [3.63, 3.8) is 0 Å². The number of anilines is 1. The van der Waals surface area contributed by atoms with Crippen molar-refractivity contribution in [3.05, 3.63) is 92.9 Å². The van der Waals surface area contributed by atoms with Gasteiger partial charge in [0, 0.05) is 36.9 Å². The molecule has 5 aromatic rings. The molecule has 0 radical (unpaired) electrons. The molecule has 202 valence electrons. The number of pyridine rings is 2. The van der Waals surface area contributed by atoms with Crippen molar-refractivity contribution in [3.8, 4) is 11.8 Å². The molecule has 0 bridgehead atoms. The molecule has 1 fully saturated rings. The zero-order chi connectivity index (χ0) is 27.6. The highest BCUT2D eigenvalue weighted by Crippen LogP contribution is 2.22. The monoisotopic (exact) mass is 534 g/mol. The van der Waals surface area contributed by atoms with Crippen LogP contribution in [0.15, 0.2) is 70.5 Å². The fourth-order valence-electron chi connectivity index (χ4n) is 5.34. The number of imidazole rings is 1. The standard InChI is InChI=1S/C30H30N8O2/c1-2-3-16-36-27-26(34-30(36)35-15-7-10-23(31)19-35)28(39)37(18-21-8-6-14-32-17-21)38(29(27)40)20-24-13-12-22-9-4-5-11-25(22)33-24/h4-6,8-9,11-14,17,23H,7,10,15-16,18-20,31H2,1H3. The average molecular weight is 535 g/mol. The number of hydrogen-bond donors (Lipinski definition) is 1. The molecule has 1 aliphatic rings. The summed E-state index contributed by atoms with van der Waals surface area (Å²) in [6.45, 7) is 3.61. The third kappa shape index (κ3) is 4.76. The molecule has 0 saturated carbocycles. The van der Waals surface area contributed by atoms with Gasteiger partial charge in [0.25, 0.3) is 11.1 Å². The third-order valence-corrected chi connectivity index (χ3v) is 7.29. The molecule has 1 aliphatic heterocycles. The molecular weight excluding hydrogens is 504 g/mol. The number of hydrogen-bond acceptors (Lipinski definition) is 7. The summed E-state index contributed by atoms with van der Waals surface area (Å²) in [7, 11) is 0. The summed E-state index contributed by atoms with van der Waals surface area (Å²) in [4.78, 5) is 44.2. The van der Waals surface area contributed by atoms with Gasteiger partial charge in [0.05, 0.1) is 30.8 Å². The molecule has 2 N–H and O–H groups in total. The van der Waals surface area contributed by atoms with Crippen molar-refractivity contribution in [1.82, 2.24) is 28.9 Å². The number of rotatable bonds is 6. The smallest absolute Gasteiger partial charge is 0.293 e. The second-order valence-corrected chi connectivity index (χ2v) is 10.1. The lowest BCUT2D eigenvalue weighted by Gasteiger charge is -2.31. The molecule has 0 amide bonds. The van der Waals surface area contributed by atoms with Crippen LogP contribution in [0.25, 0.3) is 21.9 Å². The molecule has 40 heavy (non-hydrogen) atoms. The van der Waals surface area contributed by atoms with Crippen molar-refractivity contribution < 1.29 is 0 Å². The quantitative estimate of drug-likeness (QED) is 0.333. The number of para-hydroxylation sites is 1. The van der Waals surface area contributed by atoms with Crippen LogP contribution in [0, 0.1) is 11.8 Å². The number of piperidine rings is 1. The fraction of sp³-hybridized carbons (Fsp3) is 0.300. The Kier molecular flexibility index (Phi) is 6.88. The average Bonchev–Trinajstić information content (AvgIpc) is 3.37. The highest BCUT2D eigenvalue weighted by atomic mass is 16.2. The van der Waals surface area contributed by atoms with Gasteiger partial charge in [-0.25, -0.2) is 14.3 Å². The van der Waals surface area contributed by atoms with Crippen LogP contribution in [0.3, 0.4) is 0 Å². The van der Waals surface area contributed by atoms with Crippen LogP contribution in [0.2, 0.25) is 0 Å². The topological polar surface area (TPSA) is 117 Å². The van der Waals surface area contributed by atoms with Gasteiger partial charge in [0.1, 0.15) is 5.52 Å². The summed E-state index contributed by atoms with van der Waals surface area (Å²) in [5.74, 6) is 6.52. The Labute approximate surface area is 230 Å². The lowest BCUT2D eigenvalue weighted by molar-refractivity contribution is 0.466. The molecule has 1 atom stereocenters. The van der Waals surface area contributed by atoms with E-state index < -0.39 is 0 Å². The Morgan fingerprint density at radius 1 is 1.00 bits per heavy atom. The minimum atomic E-state index is -0.356. The van der Waals surface area contributed by atoms with E-state index in [-0.39, 0.29) is 47.8 Å². The predicted octanol–water partition coefficient (Wildman–Crippen LogP) is 2.35. The molecule has 1 unspecified atom stereocenters. The summed E-state index contributed by atoms with van der Waals surface area (Å²) in [5, 5.41) is 1.00. The van der Waals surface area contributed by atoms with Crippen LogP contribution in [0.1, 0.15) is 31.0 Å². The van der Waals surface area contributed by atoms with Gasteiger partial charge in [0.2, 0.25) is 5.95 Å². The van der Waals surface area contributed by atoms with E-state index in [0.29, 0.717) is 18.2 Å². The van der Waals surface area contributed by atoms with E-state index in [4.69, 9.17) is 15.7 Å². The highest BCUT2D eigenvalue weighted by molar-refractivity contribution is 5.79. The Hall–Kier alpha value is -4.75. The van der Waals surface area contributed by atoms with E-state index in [0.717, 1.165) is 35.9 Å². The van der Waals surface area contributed by atoms with Crippen molar-refractivity contribution in [1.29, 1.82) is 0 Å². The molecule has 10 nitrogen and oxygen atoms in total. The van der Waals surface area contributed by atoms with Crippen LogP contribution in [0.4, 0.5) is 5.95 Å². The minimum absolute atomic E-state index is 0.00264. The molecule has 5 heterocycles. The molecular formula is C30H30N8O2. The van der Waals surface area contributed by atoms with Gasteiger partial charge in [-0.15, -0.1) is 5.92 Å². The number of benzene rings is 1. The van der Waals surface area contributed by atoms with E-state index in [1.165, 1.54) is 9.36 Å². The first-order chi connectivity index (χ1) is 19.5. The second-order valence-electron chi connectivity index (χ2n) is 10.1. The van der Waals surface area contributed by atoms with Gasteiger partial charge in [-0.05, 0) is 43.5 Å². The Morgan fingerprint density at radius 2 is 1.85 bits per heavy atom. The maximum Gasteiger partial charge on any atom is 0.293 e. The van der Waals surface area contributed by atoms with Crippen molar-refractivity contribution in [2.75, 3.05) is 18.0 Å². The Bertz CT molecular complexity index is 1880. The Morgan fingerprint density at radius 3 is 2.65 bits per heavy atom. The zero-order valence-corrected chi connectivity index (χ0v) is 22.3. The summed E-state index contributed by atoms with van der Waals surface area (Å²) >= 11 is 0. The van der Waals surface area contributed by atoms with E-state index in [1.807, 2.05) is 48.5 Å². The molecule has 4 aromatic heterocycles. The van der Waals surface area contributed by atoms with Crippen LogP contribution in [0.5, 0.6) is 0 Å². The third-order valence-electron chi connectivity index (χ3n) is 7.29. The summed E-state index contributed by atoms with van der Waals surface area (Å²) in [6, 6.07) is 15.4. The van der Waals surface area contributed by atoms with Gasteiger partial charge in [-0.1, -0.05) is 36.3 Å². The first kappa shape index (κ1) is 25.5. The summed E-state index contributed by atoms with van der Waals surface area (Å²) in [5.41, 5.74) is 8.24. The molecule has 1 aromatic carbocycles. The van der Waals surface area contributed by atoms with Crippen molar-refractivity contribution >= 4 is 27.9 Å². The number of aromatic nitrogens is 6. The van der Waals surface area contributed by atoms with Gasteiger partial charge >= 0.3 is 0 Å². The maximum atomic E-state index is 14.3. The van der Waals surface area contributed by atoms with E-state index >= 15 is 0 Å². The summed E-state index contributed by atoms with van der Waals surface area (Å²) in [6.07, 6.45) is 5.20. The molecule has 6 rings (SSSR count). The van der Waals surface area contributed by atoms with E-state index in [2.05, 4.69) is 21.7 Å². The molecule has 10 heteroatoms. The van der Waals surface area contributed by atoms with Crippen molar-refractivity contribution in [2.45, 2.75) is 45.4 Å². The van der Waals surface area contributed by atoms with Crippen LogP contribution in [-0.4, -0.2) is 48.0 Å². The van der Waals surface area contributed by atoms with Gasteiger partial charge in [-0.3, -0.25) is 24.1 Å². The lowest BCUT2D eigenvalue weighted by Crippen LogP contribution is -2.44. The van der Waals surface area contributed by atoms with E-state index in [1.54, 1.807) is 23.9 Å². The fourth-order valence-corrected chi connectivity index (χ4v) is 5.34. The zero-order valence-electron chi connectivity index (χ0n) is 22.3. The van der Waals surface area contributed by atoms with Gasteiger partial charge < -0.3 is 10.6 Å². The first-order valence-electron chi connectivity index (χ1n) is 13.4. The van der Waals surface area contributed by atoms with Crippen LogP contribution in [-0.2, 0) is 19.6 Å². The van der Waals surface area contributed by atoms with Gasteiger partial charge in [-0.2, -0.15) is 0 Å². The molecule has 0 spiro atoms. The molecule has 0 aliphatic carbocycles. The van der Waals surface area contributed by atoms with Crippen LogP contribution < -0.4 is 21.8 Å².